The Labute approximate surface area is 186 Å². The molecule has 2 aromatic carbocycles. The summed E-state index contributed by atoms with van der Waals surface area (Å²) in [4.78, 5) is 31.5. The van der Waals surface area contributed by atoms with Crippen molar-refractivity contribution in [3.8, 4) is 11.3 Å². The van der Waals surface area contributed by atoms with Crippen molar-refractivity contribution in [1.82, 2.24) is 9.88 Å². The van der Waals surface area contributed by atoms with E-state index in [0.29, 0.717) is 29.7 Å². The van der Waals surface area contributed by atoms with Gasteiger partial charge >= 0.3 is 0 Å². The van der Waals surface area contributed by atoms with Crippen LogP contribution in [-0.4, -0.2) is 39.4 Å². The van der Waals surface area contributed by atoms with Gasteiger partial charge in [-0.25, -0.2) is 4.98 Å². The molecule has 1 unspecified atom stereocenters. The molecule has 6 nitrogen and oxygen atoms in total. The number of hydrogen-bond donors (Lipinski definition) is 1. The predicted molar refractivity (Wildman–Crippen MR) is 123 cm³/mol. The number of aromatic nitrogens is 1. The molecule has 1 aliphatic heterocycles. The van der Waals surface area contributed by atoms with Crippen molar-refractivity contribution in [3.05, 3.63) is 71.7 Å². The molecule has 1 saturated heterocycles. The zero-order chi connectivity index (χ0) is 21.8. The molecule has 2 amide bonds. The minimum atomic E-state index is -0.467. The van der Waals surface area contributed by atoms with Crippen molar-refractivity contribution in [2.75, 3.05) is 16.9 Å². The quantitative estimate of drug-likeness (QED) is 0.620. The molecule has 0 aliphatic carbocycles. The van der Waals surface area contributed by atoms with Gasteiger partial charge in [0, 0.05) is 29.8 Å². The maximum atomic E-state index is 12.8. The Balaban J connectivity index is 1.34. The third-order valence-corrected chi connectivity index (χ3v) is 6.25. The SMILES string of the molecule is Cc1ccc(-c2cnc(CCC(=O)N3CSCC3C(=O)Nc3cccc(C)c3)o2)cc1. The second-order valence-corrected chi connectivity index (χ2v) is 8.72. The number of rotatable bonds is 6. The fourth-order valence-corrected chi connectivity index (χ4v) is 4.67. The Bertz CT molecular complexity index is 1080. The molecule has 1 N–H and O–H groups in total. The number of nitrogens with zero attached hydrogens (tertiary/aromatic N) is 2. The van der Waals surface area contributed by atoms with E-state index in [-0.39, 0.29) is 18.2 Å². The summed E-state index contributed by atoms with van der Waals surface area (Å²) < 4.78 is 5.82. The van der Waals surface area contributed by atoms with E-state index < -0.39 is 6.04 Å². The first-order valence-electron chi connectivity index (χ1n) is 10.3. The van der Waals surface area contributed by atoms with Crippen LogP contribution in [0.3, 0.4) is 0 Å². The van der Waals surface area contributed by atoms with Crippen LogP contribution in [0.1, 0.15) is 23.4 Å². The van der Waals surface area contributed by atoms with E-state index in [1.807, 2.05) is 62.4 Å². The van der Waals surface area contributed by atoms with E-state index in [0.717, 1.165) is 16.8 Å². The number of amides is 2. The standard InChI is InChI=1S/C24H25N3O3S/c1-16-6-8-18(9-7-16)21-13-25-22(30-21)10-11-23(28)27-15-31-14-20(27)24(29)26-19-5-3-4-17(2)12-19/h3-9,12-13,20H,10-11,14-15H2,1-2H3,(H,26,29). The second-order valence-electron chi connectivity index (χ2n) is 7.72. The smallest absolute Gasteiger partial charge is 0.248 e. The first-order chi connectivity index (χ1) is 15.0. The van der Waals surface area contributed by atoms with Crippen LogP contribution >= 0.6 is 11.8 Å². The Morgan fingerprint density at radius 2 is 1.97 bits per heavy atom. The van der Waals surface area contributed by atoms with Crippen LogP contribution in [0.15, 0.2) is 59.1 Å². The molecule has 0 spiro atoms. The summed E-state index contributed by atoms with van der Waals surface area (Å²) in [7, 11) is 0. The predicted octanol–water partition coefficient (Wildman–Crippen LogP) is 4.43. The van der Waals surface area contributed by atoms with Gasteiger partial charge in [0.05, 0.1) is 12.1 Å². The molecule has 7 heteroatoms. The van der Waals surface area contributed by atoms with E-state index in [1.54, 1.807) is 22.9 Å². The van der Waals surface area contributed by atoms with Crippen LogP contribution in [0.4, 0.5) is 5.69 Å². The molecule has 1 atom stereocenters. The lowest BCUT2D eigenvalue weighted by atomic mass is 10.1. The summed E-state index contributed by atoms with van der Waals surface area (Å²) in [6, 6.07) is 15.2. The van der Waals surface area contributed by atoms with Crippen LogP contribution in [0.5, 0.6) is 0 Å². The van der Waals surface area contributed by atoms with Gasteiger partial charge in [-0.3, -0.25) is 9.59 Å². The number of oxazole rings is 1. The van der Waals surface area contributed by atoms with E-state index in [9.17, 15) is 9.59 Å². The summed E-state index contributed by atoms with van der Waals surface area (Å²) in [5, 5.41) is 2.93. The number of benzene rings is 2. The number of aryl methyl sites for hydroxylation is 3. The van der Waals surface area contributed by atoms with Crippen LogP contribution < -0.4 is 5.32 Å². The highest BCUT2D eigenvalue weighted by Gasteiger charge is 2.34. The number of nitrogens with one attached hydrogen (secondary N) is 1. The molecule has 31 heavy (non-hydrogen) atoms. The lowest BCUT2D eigenvalue weighted by Crippen LogP contribution is -2.44. The fourth-order valence-electron chi connectivity index (χ4n) is 3.49. The van der Waals surface area contributed by atoms with E-state index in [1.165, 1.54) is 5.56 Å². The zero-order valence-electron chi connectivity index (χ0n) is 17.6. The molecular weight excluding hydrogens is 410 g/mol. The number of carbonyl (C=O) groups is 2. The van der Waals surface area contributed by atoms with Crippen molar-refractivity contribution in [1.29, 1.82) is 0 Å². The molecule has 4 rings (SSSR count). The number of carbonyl (C=O) groups excluding carboxylic acids is 2. The first kappa shape index (κ1) is 21.2. The van der Waals surface area contributed by atoms with Gasteiger partial charge in [0.1, 0.15) is 6.04 Å². The van der Waals surface area contributed by atoms with Crippen molar-refractivity contribution < 1.29 is 14.0 Å². The fraction of sp³-hybridized carbons (Fsp3) is 0.292. The Hall–Kier alpha value is -3.06. The summed E-state index contributed by atoms with van der Waals surface area (Å²) in [5.41, 5.74) is 3.96. The monoisotopic (exact) mass is 435 g/mol. The van der Waals surface area contributed by atoms with Gasteiger partial charge in [0.15, 0.2) is 11.7 Å². The molecule has 160 valence electrons. The first-order valence-corrected chi connectivity index (χ1v) is 11.4. The van der Waals surface area contributed by atoms with Gasteiger partial charge < -0.3 is 14.6 Å². The molecule has 3 aromatic rings. The second kappa shape index (κ2) is 9.39. The lowest BCUT2D eigenvalue weighted by molar-refractivity contribution is -0.136. The van der Waals surface area contributed by atoms with Gasteiger partial charge in [-0.1, -0.05) is 42.0 Å². The van der Waals surface area contributed by atoms with Gasteiger partial charge in [0.2, 0.25) is 11.8 Å². The van der Waals surface area contributed by atoms with Gasteiger partial charge in [-0.2, -0.15) is 0 Å². The minimum absolute atomic E-state index is 0.0653. The average Bonchev–Trinajstić information content (AvgIpc) is 3.42. The zero-order valence-corrected chi connectivity index (χ0v) is 18.4. The van der Waals surface area contributed by atoms with E-state index >= 15 is 0 Å². The van der Waals surface area contributed by atoms with Gasteiger partial charge in [0.25, 0.3) is 0 Å². The highest BCUT2D eigenvalue weighted by molar-refractivity contribution is 7.99. The maximum Gasteiger partial charge on any atom is 0.248 e. The topological polar surface area (TPSA) is 75.4 Å². The van der Waals surface area contributed by atoms with E-state index in [2.05, 4.69) is 10.3 Å². The van der Waals surface area contributed by atoms with Crippen molar-refractivity contribution in [2.24, 2.45) is 0 Å². The van der Waals surface area contributed by atoms with Crippen LogP contribution in [-0.2, 0) is 16.0 Å². The van der Waals surface area contributed by atoms with Crippen molar-refractivity contribution >= 4 is 29.3 Å². The molecular formula is C24H25N3O3S. The minimum Gasteiger partial charge on any atom is -0.441 e. The highest BCUT2D eigenvalue weighted by Crippen LogP contribution is 2.25. The largest absolute Gasteiger partial charge is 0.441 e. The Morgan fingerprint density at radius 1 is 1.16 bits per heavy atom. The molecule has 1 aromatic heterocycles. The highest BCUT2D eigenvalue weighted by atomic mass is 32.2. The third kappa shape index (κ3) is 5.17. The van der Waals surface area contributed by atoms with Crippen LogP contribution in [0, 0.1) is 13.8 Å². The molecule has 1 aliphatic rings. The Kier molecular flexibility index (Phi) is 6.42. The molecule has 2 heterocycles. The number of anilines is 1. The number of thioether (sulfide) groups is 1. The lowest BCUT2D eigenvalue weighted by Gasteiger charge is -2.23. The average molecular weight is 436 g/mol. The summed E-state index contributed by atoms with van der Waals surface area (Å²) in [6.45, 7) is 4.01. The number of hydrogen-bond acceptors (Lipinski definition) is 5. The maximum absolute atomic E-state index is 12.8. The normalized spacial score (nSPS) is 15.8. The molecule has 1 fully saturated rings. The Morgan fingerprint density at radius 3 is 2.74 bits per heavy atom. The summed E-state index contributed by atoms with van der Waals surface area (Å²) in [6.07, 6.45) is 2.34. The van der Waals surface area contributed by atoms with Crippen LogP contribution in [0.2, 0.25) is 0 Å². The van der Waals surface area contributed by atoms with Gasteiger partial charge in [-0.05, 0) is 31.5 Å². The third-order valence-electron chi connectivity index (χ3n) is 5.23. The van der Waals surface area contributed by atoms with Crippen molar-refractivity contribution in [3.63, 3.8) is 0 Å². The van der Waals surface area contributed by atoms with E-state index in [4.69, 9.17) is 4.42 Å². The molecule has 0 saturated carbocycles. The van der Waals surface area contributed by atoms with Gasteiger partial charge in [-0.15, -0.1) is 11.8 Å². The molecule has 0 bridgehead atoms. The van der Waals surface area contributed by atoms with Crippen molar-refractivity contribution in [2.45, 2.75) is 32.7 Å². The summed E-state index contributed by atoms with van der Waals surface area (Å²) in [5.74, 6) is 2.11. The molecule has 0 radical (unpaired) electrons. The summed E-state index contributed by atoms with van der Waals surface area (Å²) >= 11 is 1.59. The van der Waals surface area contributed by atoms with Crippen LogP contribution in [0.25, 0.3) is 11.3 Å².